The number of rotatable bonds is 6. The van der Waals surface area contributed by atoms with Crippen LogP contribution in [0.25, 0.3) is 6.08 Å². The maximum Gasteiger partial charge on any atom is 0.250 e. The molecule has 0 amide bonds. The number of nitrogens with one attached hydrogen (secondary N) is 1. The number of ether oxygens (including phenoxy) is 1. The molecule has 0 bridgehead atoms. The Kier molecular flexibility index (Phi) is 7.16. The second-order valence-electron chi connectivity index (χ2n) is 6.81. The van der Waals surface area contributed by atoms with Crippen LogP contribution in [-0.2, 0) is 14.8 Å². The normalized spacial score (nSPS) is 28.6. The lowest BCUT2D eigenvalue weighted by atomic mass is 9.96. The molecule has 1 aliphatic heterocycles. The average Bonchev–Trinajstić information content (AvgIpc) is 2.66. The zero-order chi connectivity index (χ0) is 21.1. The minimum Gasteiger partial charge on any atom is -0.388 e. The van der Waals surface area contributed by atoms with E-state index in [2.05, 4.69) is 4.72 Å². The van der Waals surface area contributed by atoms with Gasteiger partial charge in [-0.1, -0.05) is 12.1 Å². The Bertz CT molecular complexity index is 847. The van der Waals surface area contributed by atoms with E-state index in [0.29, 0.717) is 5.56 Å². The molecule has 1 heterocycles. The van der Waals surface area contributed by atoms with Crippen molar-refractivity contribution in [3.63, 3.8) is 0 Å². The SMILES string of the molecule is CC1O[C@H](CNS(=O)(=O)/C(C#N)=C/c2ccc(N(C)C)cc2)[C@@H](O)[C@H](O)[C@H]1O. The fourth-order valence-corrected chi connectivity index (χ4v) is 3.72. The van der Waals surface area contributed by atoms with Gasteiger partial charge in [0.2, 0.25) is 0 Å². The number of sulfonamides is 1. The van der Waals surface area contributed by atoms with Crippen LogP contribution in [0.3, 0.4) is 0 Å². The van der Waals surface area contributed by atoms with Crippen LogP contribution in [0.5, 0.6) is 0 Å². The van der Waals surface area contributed by atoms with Crippen molar-refractivity contribution in [1.82, 2.24) is 4.72 Å². The summed E-state index contributed by atoms with van der Waals surface area (Å²) in [5, 5.41) is 38.7. The van der Waals surface area contributed by atoms with E-state index < -0.39 is 45.4 Å². The van der Waals surface area contributed by atoms with Gasteiger partial charge in [0.15, 0.2) is 4.91 Å². The predicted octanol–water partition coefficient (Wildman–Crippen LogP) is -0.594. The van der Waals surface area contributed by atoms with Gasteiger partial charge in [-0.15, -0.1) is 0 Å². The number of hydrogen-bond donors (Lipinski definition) is 4. The van der Waals surface area contributed by atoms with Crippen LogP contribution in [-0.4, -0.2) is 74.9 Å². The summed E-state index contributed by atoms with van der Waals surface area (Å²) < 4.78 is 32.5. The second-order valence-corrected chi connectivity index (χ2v) is 8.55. The van der Waals surface area contributed by atoms with Crippen molar-refractivity contribution in [2.24, 2.45) is 0 Å². The van der Waals surface area contributed by atoms with Gasteiger partial charge < -0.3 is 25.0 Å². The minimum atomic E-state index is -4.16. The summed E-state index contributed by atoms with van der Waals surface area (Å²) in [6.07, 6.45) is -4.82. The highest BCUT2D eigenvalue weighted by Gasteiger charge is 2.42. The molecular weight excluding hydrogens is 386 g/mol. The Balaban J connectivity index is 2.12. The summed E-state index contributed by atoms with van der Waals surface area (Å²) in [5.41, 5.74) is 1.46. The van der Waals surface area contributed by atoms with Crippen LogP contribution < -0.4 is 9.62 Å². The van der Waals surface area contributed by atoms with Gasteiger partial charge in [-0.3, -0.25) is 0 Å². The van der Waals surface area contributed by atoms with E-state index in [9.17, 15) is 29.0 Å². The van der Waals surface area contributed by atoms with Crippen LogP contribution >= 0.6 is 0 Å². The molecule has 1 fully saturated rings. The Labute approximate surface area is 164 Å². The Morgan fingerprint density at radius 3 is 2.36 bits per heavy atom. The molecule has 5 atom stereocenters. The third-order valence-electron chi connectivity index (χ3n) is 4.53. The molecule has 4 N–H and O–H groups in total. The van der Waals surface area contributed by atoms with Gasteiger partial charge in [0.25, 0.3) is 10.0 Å². The van der Waals surface area contributed by atoms with Gasteiger partial charge in [-0.25, -0.2) is 13.1 Å². The molecule has 28 heavy (non-hydrogen) atoms. The van der Waals surface area contributed by atoms with E-state index in [4.69, 9.17) is 4.74 Å². The molecule has 0 aromatic heterocycles. The van der Waals surface area contributed by atoms with E-state index in [1.165, 1.54) is 13.0 Å². The van der Waals surface area contributed by atoms with Crippen molar-refractivity contribution in [2.45, 2.75) is 37.4 Å². The number of anilines is 1. The first-order valence-corrected chi connectivity index (χ1v) is 10.1. The maximum absolute atomic E-state index is 12.5. The Morgan fingerprint density at radius 2 is 1.82 bits per heavy atom. The molecule has 10 heteroatoms. The molecular formula is C18H25N3O6S. The molecule has 1 aromatic rings. The molecule has 0 aliphatic carbocycles. The van der Waals surface area contributed by atoms with Gasteiger partial charge in [0, 0.05) is 26.3 Å². The number of nitriles is 1. The highest BCUT2D eigenvalue weighted by atomic mass is 32.2. The first-order valence-electron chi connectivity index (χ1n) is 8.65. The monoisotopic (exact) mass is 411 g/mol. The third-order valence-corrected chi connectivity index (χ3v) is 5.87. The van der Waals surface area contributed by atoms with Gasteiger partial charge >= 0.3 is 0 Å². The number of allylic oxidation sites excluding steroid dienone is 1. The molecule has 1 aromatic carbocycles. The van der Waals surface area contributed by atoms with Crippen molar-refractivity contribution in [3.05, 3.63) is 34.7 Å². The first-order chi connectivity index (χ1) is 13.1. The molecule has 0 saturated carbocycles. The second kappa shape index (κ2) is 9.00. The van der Waals surface area contributed by atoms with Gasteiger partial charge in [0.1, 0.15) is 30.5 Å². The van der Waals surface area contributed by atoms with Crippen LogP contribution in [0, 0.1) is 11.3 Å². The quantitative estimate of drug-likeness (QED) is 0.455. The summed E-state index contributed by atoms with van der Waals surface area (Å²) >= 11 is 0. The van der Waals surface area contributed by atoms with Crippen molar-refractivity contribution >= 4 is 21.8 Å². The predicted molar refractivity (Wildman–Crippen MR) is 104 cm³/mol. The molecule has 9 nitrogen and oxygen atoms in total. The number of hydrogen-bond acceptors (Lipinski definition) is 8. The van der Waals surface area contributed by atoms with Crippen molar-refractivity contribution in [1.29, 1.82) is 5.26 Å². The lowest BCUT2D eigenvalue weighted by Crippen LogP contribution is -2.59. The number of nitrogens with zero attached hydrogens (tertiary/aromatic N) is 2. The van der Waals surface area contributed by atoms with Crippen molar-refractivity contribution in [2.75, 3.05) is 25.5 Å². The third kappa shape index (κ3) is 5.08. The standard InChI is InChI=1S/C18H25N3O6S/c1-11-16(22)18(24)17(23)15(27-11)10-20-28(25,26)14(9-19)8-12-4-6-13(7-5-12)21(2)3/h4-8,11,15-18,20,22-24H,10H2,1-3H3/b14-8+/t11?,15-,16+,17-,18-/m1/s1. The van der Waals surface area contributed by atoms with Crippen LogP contribution in [0.2, 0.25) is 0 Å². The zero-order valence-electron chi connectivity index (χ0n) is 15.8. The molecule has 0 radical (unpaired) electrons. The van der Waals surface area contributed by atoms with E-state index in [-0.39, 0.29) is 6.54 Å². The zero-order valence-corrected chi connectivity index (χ0v) is 16.7. The Hall–Kier alpha value is -2.00. The van der Waals surface area contributed by atoms with E-state index >= 15 is 0 Å². The molecule has 154 valence electrons. The summed E-state index contributed by atoms with van der Waals surface area (Å²) in [7, 11) is -0.417. The van der Waals surface area contributed by atoms with Crippen molar-refractivity contribution in [3.8, 4) is 6.07 Å². The number of benzene rings is 1. The van der Waals surface area contributed by atoms with Gasteiger partial charge in [-0.05, 0) is 30.7 Å². The summed E-state index contributed by atoms with van der Waals surface area (Å²) in [5.74, 6) is 0. The average molecular weight is 411 g/mol. The van der Waals surface area contributed by atoms with Crippen molar-refractivity contribution < 1.29 is 28.5 Å². The molecule has 1 aliphatic rings. The topological polar surface area (TPSA) is 143 Å². The lowest BCUT2D eigenvalue weighted by molar-refractivity contribution is -0.214. The van der Waals surface area contributed by atoms with Crippen LogP contribution in [0.4, 0.5) is 5.69 Å². The van der Waals surface area contributed by atoms with E-state index in [0.717, 1.165) is 5.69 Å². The highest BCUT2D eigenvalue weighted by molar-refractivity contribution is 7.93. The summed E-state index contributed by atoms with van der Waals surface area (Å²) in [6.45, 7) is 1.13. The molecule has 0 spiro atoms. The first kappa shape index (κ1) is 22.3. The molecule has 1 saturated heterocycles. The minimum absolute atomic E-state index is 0.365. The van der Waals surface area contributed by atoms with Crippen LogP contribution in [0.1, 0.15) is 12.5 Å². The molecule has 2 rings (SSSR count). The van der Waals surface area contributed by atoms with E-state index in [1.54, 1.807) is 30.3 Å². The van der Waals surface area contributed by atoms with Gasteiger partial charge in [0.05, 0.1) is 6.10 Å². The summed E-state index contributed by atoms with van der Waals surface area (Å²) in [6, 6.07) is 8.63. The number of aliphatic hydroxyl groups excluding tert-OH is 3. The smallest absolute Gasteiger partial charge is 0.250 e. The lowest BCUT2D eigenvalue weighted by Gasteiger charge is -2.39. The fourth-order valence-electron chi connectivity index (χ4n) is 2.76. The van der Waals surface area contributed by atoms with Gasteiger partial charge in [-0.2, -0.15) is 5.26 Å². The van der Waals surface area contributed by atoms with Crippen LogP contribution in [0.15, 0.2) is 29.2 Å². The molecule has 1 unspecified atom stereocenters. The maximum atomic E-state index is 12.5. The van der Waals surface area contributed by atoms with E-state index in [1.807, 2.05) is 19.0 Å². The summed E-state index contributed by atoms with van der Waals surface area (Å²) in [4.78, 5) is 1.39. The fraction of sp³-hybridized carbons (Fsp3) is 0.500. The Morgan fingerprint density at radius 1 is 1.21 bits per heavy atom. The number of aliphatic hydroxyl groups is 3. The highest BCUT2D eigenvalue weighted by Crippen LogP contribution is 2.21. The largest absolute Gasteiger partial charge is 0.388 e.